The molecule has 2 aromatic heterocycles. The van der Waals surface area contributed by atoms with Crippen LogP contribution in [0.5, 0.6) is 0 Å². The van der Waals surface area contributed by atoms with Crippen molar-refractivity contribution in [3.05, 3.63) is 41.5 Å². The lowest BCUT2D eigenvalue weighted by atomic mass is 10.2. The standard InChI is InChI=1S/C14H18N6O2/c1-9-12(15)8-20(18-9)13(21)10-4-5-16-11(6-10)7-17-14(22)19(2)3/h4-6,8H,7,15H2,1-3H3,(H,17,22). The van der Waals surface area contributed by atoms with Gasteiger partial charge in [0, 0.05) is 25.9 Å². The van der Waals surface area contributed by atoms with Gasteiger partial charge in [0.1, 0.15) is 0 Å². The minimum absolute atomic E-state index is 0.228. The summed E-state index contributed by atoms with van der Waals surface area (Å²) in [5.41, 5.74) is 7.76. The summed E-state index contributed by atoms with van der Waals surface area (Å²) in [7, 11) is 3.29. The molecule has 0 saturated heterocycles. The van der Waals surface area contributed by atoms with Crippen LogP contribution in [0.15, 0.2) is 24.5 Å². The van der Waals surface area contributed by atoms with Crippen molar-refractivity contribution in [2.75, 3.05) is 19.8 Å². The number of aromatic nitrogens is 3. The Labute approximate surface area is 127 Å². The van der Waals surface area contributed by atoms with Crippen LogP contribution in [0, 0.1) is 6.92 Å². The van der Waals surface area contributed by atoms with Crippen molar-refractivity contribution < 1.29 is 9.59 Å². The maximum atomic E-state index is 12.3. The number of carbonyl (C=O) groups is 2. The van der Waals surface area contributed by atoms with Crippen LogP contribution in [0.25, 0.3) is 0 Å². The predicted octanol–water partition coefficient (Wildman–Crippen LogP) is 0.628. The molecule has 0 aliphatic rings. The predicted molar refractivity (Wildman–Crippen MR) is 81.3 cm³/mol. The molecule has 3 N–H and O–H groups in total. The number of urea groups is 1. The Bertz CT molecular complexity index is 688. The van der Waals surface area contributed by atoms with Crippen molar-refractivity contribution in [1.29, 1.82) is 0 Å². The normalized spacial score (nSPS) is 10.3. The lowest BCUT2D eigenvalue weighted by molar-refractivity contribution is 0.0944. The van der Waals surface area contributed by atoms with E-state index in [4.69, 9.17) is 5.73 Å². The first kappa shape index (κ1) is 15.5. The summed E-state index contributed by atoms with van der Waals surface area (Å²) in [6, 6.07) is 2.98. The first-order valence-electron chi connectivity index (χ1n) is 6.65. The van der Waals surface area contributed by atoms with E-state index in [0.717, 1.165) is 0 Å². The zero-order valence-corrected chi connectivity index (χ0v) is 12.7. The number of hydrogen-bond acceptors (Lipinski definition) is 5. The monoisotopic (exact) mass is 302 g/mol. The van der Waals surface area contributed by atoms with Crippen LogP contribution in [0.1, 0.15) is 21.7 Å². The topological polar surface area (TPSA) is 106 Å². The summed E-state index contributed by atoms with van der Waals surface area (Å²) in [5.74, 6) is -0.303. The fourth-order valence-corrected chi connectivity index (χ4v) is 1.74. The molecule has 0 unspecified atom stereocenters. The third kappa shape index (κ3) is 3.40. The quantitative estimate of drug-likeness (QED) is 0.865. The number of pyridine rings is 1. The molecular weight excluding hydrogens is 284 g/mol. The van der Waals surface area contributed by atoms with E-state index in [1.165, 1.54) is 22.0 Å². The molecule has 22 heavy (non-hydrogen) atoms. The van der Waals surface area contributed by atoms with Gasteiger partial charge in [-0.3, -0.25) is 9.78 Å². The molecule has 2 heterocycles. The fourth-order valence-electron chi connectivity index (χ4n) is 1.74. The molecule has 0 saturated carbocycles. The Kier molecular flexibility index (Phi) is 4.40. The van der Waals surface area contributed by atoms with Gasteiger partial charge in [0.15, 0.2) is 0 Å². The summed E-state index contributed by atoms with van der Waals surface area (Å²) in [4.78, 5) is 29.4. The van der Waals surface area contributed by atoms with Crippen LogP contribution < -0.4 is 11.1 Å². The smallest absolute Gasteiger partial charge is 0.317 e. The molecule has 0 fully saturated rings. The van der Waals surface area contributed by atoms with Gasteiger partial charge in [-0.2, -0.15) is 5.10 Å². The van der Waals surface area contributed by atoms with Gasteiger partial charge in [0.25, 0.3) is 5.91 Å². The Balaban J connectivity index is 2.14. The minimum atomic E-state index is -0.303. The molecule has 0 spiro atoms. The maximum absolute atomic E-state index is 12.3. The second-order valence-corrected chi connectivity index (χ2v) is 5.01. The van der Waals surface area contributed by atoms with Gasteiger partial charge in [-0.15, -0.1) is 0 Å². The largest absolute Gasteiger partial charge is 0.396 e. The molecule has 2 rings (SSSR count). The van der Waals surface area contributed by atoms with Gasteiger partial charge in [-0.05, 0) is 19.1 Å². The number of nitrogens with two attached hydrogens (primary N) is 1. The Morgan fingerprint density at radius 2 is 2.14 bits per heavy atom. The molecule has 2 aromatic rings. The zero-order valence-electron chi connectivity index (χ0n) is 12.7. The zero-order chi connectivity index (χ0) is 16.3. The van der Waals surface area contributed by atoms with Gasteiger partial charge in [0.2, 0.25) is 0 Å². The number of rotatable bonds is 3. The van der Waals surface area contributed by atoms with E-state index in [0.29, 0.717) is 22.6 Å². The highest BCUT2D eigenvalue weighted by Crippen LogP contribution is 2.10. The van der Waals surface area contributed by atoms with E-state index in [1.807, 2.05) is 0 Å². The molecular formula is C14H18N6O2. The highest BCUT2D eigenvalue weighted by molar-refractivity contribution is 5.95. The van der Waals surface area contributed by atoms with Gasteiger partial charge < -0.3 is 16.0 Å². The Hall–Kier alpha value is -2.90. The number of nitrogens with one attached hydrogen (secondary N) is 1. The van der Waals surface area contributed by atoms with Crippen molar-refractivity contribution in [1.82, 2.24) is 25.0 Å². The molecule has 2 amide bonds. The van der Waals surface area contributed by atoms with Gasteiger partial charge in [-0.1, -0.05) is 0 Å². The number of aryl methyl sites for hydroxylation is 1. The summed E-state index contributed by atoms with van der Waals surface area (Å²) >= 11 is 0. The van der Waals surface area contributed by atoms with Gasteiger partial charge in [-0.25, -0.2) is 9.48 Å². The Morgan fingerprint density at radius 3 is 2.73 bits per heavy atom. The molecule has 116 valence electrons. The number of nitrogens with zero attached hydrogens (tertiary/aromatic N) is 4. The fraction of sp³-hybridized carbons (Fsp3) is 0.286. The van der Waals surface area contributed by atoms with Crippen LogP contribution in [0.2, 0.25) is 0 Å². The van der Waals surface area contributed by atoms with E-state index in [1.54, 1.807) is 33.2 Å². The van der Waals surface area contributed by atoms with Gasteiger partial charge >= 0.3 is 6.03 Å². The van der Waals surface area contributed by atoms with Crippen LogP contribution in [-0.4, -0.2) is 45.7 Å². The maximum Gasteiger partial charge on any atom is 0.317 e. The molecule has 0 radical (unpaired) electrons. The second-order valence-electron chi connectivity index (χ2n) is 5.01. The molecule has 0 aliphatic heterocycles. The van der Waals surface area contributed by atoms with E-state index in [2.05, 4.69) is 15.4 Å². The molecule has 0 bridgehead atoms. The van der Waals surface area contributed by atoms with E-state index in [9.17, 15) is 9.59 Å². The van der Waals surface area contributed by atoms with Crippen molar-refractivity contribution in [3.63, 3.8) is 0 Å². The third-order valence-electron chi connectivity index (χ3n) is 3.04. The lowest BCUT2D eigenvalue weighted by Crippen LogP contribution is -2.34. The highest BCUT2D eigenvalue weighted by Gasteiger charge is 2.13. The van der Waals surface area contributed by atoms with Crippen LogP contribution in [-0.2, 0) is 6.54 Å². The summed E-state index contributed by atoms with van der Waals surface area (Å²) < 4.78 is 1.20. The van der Waals surface area contributed by atoms with Crippen LogP contribution in [0.4, 0.5) is 10.5 Å². The van der Waals surface area contributed by atoms with Crippen LogP contribution in [0.3, 0.4) is 0 Å². The number of anilines is 1. The van der Waals surface area contributed by atoms with E-state index >= 15 is 0 Å². The average molecular weight is 302 g/mol. The van der Waals surface area contributed by atoms with Gasteiger partial charge in [0.05, 0.1) is 29.8 Å². The average Bonchev–Trinajstić information content (AvgIpc) is 2.83. The number of nitrogen functional groups attached to an aromatic ring is 1. The van der Waals surface area contributed by atoms with Crippen LogP contribution >= 0.6 is 0 Å². The number of amides is 2. The first-order valence-corrected chi connectivity index (χ1v) is 6.65. The molecule has 0 aliphatic carbocycles. The van der Waals surface area contributed by atoms with Crippen molar-refractivity contribution in [2.45, 2.75) is 13.5 Å². The van der Waals surface area contributed by atoms with Crippen molar-refractivity contribution in [3.8, 4) is 0 Å². The third-order valence-corrected chi connectivity index (χ3v) is 3.04. The number of carbonyl (C=O) groups excluding carboxylic acids is 2. The highest BCUT2D eigenvalue weighted by atomic mass is 16.2. The van der Waals surface area contributed by atoms with Crippen molar-refractivity contribution >= 4 is 17.6 Å². The molecule has 0 atom stereocenters. The van der Waals surface area contributed by atoms with E-state index < -0.39 is 0 Å². The van der Waals surface area contributed by atoms with E-state index in [-0.39, 0.29) is 18.5 Å². The Morgan fingerprint density at radius 1 is 1.41 bits per heavy atom. The lowest BCUT2D eigenvalue weighted by Gasteiger charge is -2.11. The molecule has 8 heteroatoms. The minimum Gasteiger partial charge on any atom is -0.396 e. The summed E-state index contributed by atoms with van der Waals surface area (Å²) in [5, 5.41) is 6.75. The SMILES string of the molecule is Cc1nn(C(=O)c2ccnc(CNC(=O)N(C)C)c2)cc1N. The second kappa shape index (κ2) is 6.25. The van der Waals surface area contributed by atoms with Crippen molar-refractivity contribution in [2.24, 2.45) is 0 Å². The molecule has 0 aromatic carbocycles. The first-order chi connectivity index (χ1) is 10.4. The summed E-state index contributed by atoms with van der Waals surface area (Å²) in [6.45, 7) is 1.96. The number of hydrogen-bond donors (Lipinski definition) is 2. The molecule has 8 nitrogen and oxygen atoms in total. The summed E-state index contributed by atoms with van der Waals surface area (Å²) in [6.07, 6.45) is 3.00.